The Hall–Kier alpha value is -0.900. The molecule has 1 aliphatic rings. The van der Waals surface area contributed by atoms with Crippen molar-refractivity contribution in [3.63, 3.8) is 0 Å². The molecule has 4 heteroatoms. The molecule has 98 valence electrons. The van der Waals surface area contributed by atoms with Crippen molar-refractivity contribution in [1.82, 2.24) is 0 Å². The summed E-state index contributed by atoms with van der Waals surface area (Å²) in [6.45, 7) is 4.15. The lowest BCUT2D eigenvalue weighted by atomic mass is 9.82. The molecular formula is C14H15F3S. The summed E-state index contributed by atoms with van der Waals surface area (Å²) in [6, 6.07) is 6.79. The van der Waals surface area contributed by atoms with Gasteiger partial charge in [0.25, 0.3) is 0 Å². The normalized spacial score (nSPS) is 24.2. The lowest BCUT2D eigenvalue weighted by molar-refractivity contribution is -0.0328. The van der Waals surface area contributed by atoms with E-state index in [4.69, 9.17) is 0 Å². The monoisotopic (exact) mass is 272 g/mol. The van der Waals surface area contributed by atoms with Crippen LogP contribution in [0.4, 0.5) is 13.2 Å². The van der Waals surface area contributed by atoms with Crippen LogP contribution in [0, 0.1) is 0 Å². The summed E-state index contributed by atoms with van der Waals surface area (Å²) in [5.41, 5.74) is -2.06. The maximum Gasteiger partial charge on any atom is 0.446 e. The van der Waals surface area contributed by atoms with Crippen molar-refractivity contribution in [3.05, 3.63) is 41.5 Å². The molecular weight excluding hydrogens is 257 g/mol. The van der Waals surface area contributed by atoms with Crippen molar-refractivity contribution < 1.29 is 13.2 Å². The van der Waals surface area contributed by atoms with Gasteiger partial charge in [-0.3, -0.25) is 0 Å². The van der Waals surface area contributed by atoms with Crippen molar-refractivity contribution in [1.29, 1.82) is 0 Å². The smallest absolute Gasteiger partial charge is 0.160 e. The van der Waals surface area contributed by atoms with Gasteiger partial charge in [0.2, 0.25) is 0 Å². The Labute approximate surface area is 109 Å². The van der Waals surface area contributed by atoms with Gasteiger partial charge >= 0.3 is 5.51 Å². The van der Waals surface area contributed by atoms with E-state index in [-0.39, 0.29) is 22.1 Å². The van der Waals surface area contributed by atoms with Crippen LogP contribution in [0.1, 0.15) is 32.3 Å². The number of thioether (sulfide) groups is 1. The van der Waals surface area contributed by atoms with Gasteiger partial charge in [-0.1, -0.05) is 30.7 Å². The van der Waals surface area contributed by atoms with Crippen LogP contribution >= 0.6 is 11.8 Å². The molecule has 0 spiro atoms. The van der Waals surface area contributed by atoms with E-state index in [2.05, 4.69) is 19.9 Å². The van der Waals surface area contributed by atoms with E-state index < -0.39 is 5.51 Å². The topological polar surface area (TPSA) is 0 Å². The summed E-state index contributed by atoms with van der Waals surface area (Å²) in [4.78, 5) is 0.263. The Morgan fingerprint density at radius 2 is 2.00 bits per heavy atom. The summed E-state index contributed by atoms with van der Waals surface area (Å²) in [5, 5.41) is 0. The first-order valence-electron chi connectivity index (χ1n) is 5.83. The van der Waals surface area contributed by atoms with E-state index in [0.29, 0.717) is 0 Å². The van der Waals surface area contributed by atoms with Gasteiger partial charge in [-0.2, -0.15) is 13.2 Å². The van der Waals surface area contributed by atoms with E-state index in [0.717, 1.165) is 18.4 Å². The van der Waals surface area contributed by atoms with Gasteiger partial charge in [0, 0.05) is 10.3 Å². The summed E-state index contributed by atoms with van der Waals surface area (Å²) in [5.74, 6) is 0. The maximum atomic E-state index is 12.4. The van der Waals surface area contributed by atoms with Crippen LogP contribution in [0.25, 0.3) is 0 Å². The van der Waals surface area contributed by atoms with E-state index in [1.165, 1.54) is 11.6 Å². The van der Waals surface area contributed by atoms with Crippen LogP contribution < -0.4 is 0 Å². The molecule has 0 fully saturated rings. The molecule has 0 N–H and O–H groups in total. The number of halogens is 3. The first kappa shape index (κ1) is 13.5. The van der Waals surface area contributed by atoms with Crippen molar-refractivity contribution in [2.24, 2.45) is 0 Å². The Kier molecular flexibility index (Phi) is 3.49. The molecule has 0 radical (unpaired) electrons. The highest BCUT2D eigenvalue weighted by atomic mass is 32.2. The molecule has 1 aromatic rings. The molecule has 0 heterocycles. The summed E-state index contributed by atoms with van der Waals surface area (Å²) < 4.78 is 37.1. The second-order valence-electron chi connectivity index (χ2n) is 4.98. The zero-order chi connectivity index (χ0) is 13.4. The third-order valence-corrected chi connectivity index (χ3v) is 4.05. The Bertz CT molecular complexity index is 476. The highest BCUT2D eigenvalue weighted by Gasteiger charge is 2.31. The van der Waals surface area contributed by atoms with Gasteiger partial charge in [0.15, 0.2) is 0 Å². The number of benzene rings is 1. The standard InChI is InChI=1S/C14H15F3S/c1-10-6-7-13(2,9-10)11-4-3-5-12(8-11)18-14(15,16)17/h3-5,8-9H,6-7H2,1-2H3/t13-/m1/s1. The molecule has 1 aromatic carbocycles. The molecule has 0 saturated carbocycles. The number of hydrogen-bond donors (Lipinski definition) is 0. The molecule has 1 aliphatic carbocycles. The van der Waals surface area contributed by atoms with E-state index >= 15 is 0 Å². The van der Waals surface area contributed by atoms with Crippen molar-refractivity contribution in [2.45, 2.75) is 42.5 Å². The molecule has 0 bridgehead atoms. The lowest BCUT2D eigenvalue weighted by Gasteiger charge is -2.23. The first-order chi connectivity index (χ1) is 8.28. The van der Waals surface area contributed by atoms with Crippen LogP contribution in [0.5, 0.6) is 0 Å². The maximum absolute atomic E-state index is 12.4. The van der Waals surface area contributed by atoms with E-state index in [1.807, 2.05) is 6.07 Å². The fourth-order valence-corrected chi connectivity index (χ4v) is 3.02. The van der Waals surface area contributed by atoms with Crippen molar-refractivity contribution in [3.8, 4) is 0 Å². The zero-order valence-corrected chi connectivity index (χ0v) is 11.2. The Morgan fingerprint density at radius 1 is 1.28 bits per heavy atom. The molecule has 2 rings (SSSR count). The minimum Gasteiger partial charge on any atom is -0.160 e. The Morgan fingerprint density at radius 3 is 2.56 bits per heavy atom. The minimum atomic E-state index is -4.22. The highest BCUT2D eigenvalue weighted by Crippen LogP contribution is 2.42. The average Bonchev–Trinajstić information content (AvgIpc) is 2.58. The molecule has 18 heavy (non-hydrogen) atoms. The fraction of sp³-hybridized carbons (Fsp3) is 0.429. The fourth-order valence-electron chi connectivity index (χ4n) is 2.42. The predicted molar refractivity (Wildman–Crippen MR) is 68.7 cm³/mol. The summed E-state index contributed by atoms with van der Waals surface area (Å²) >= 11 is -0.0475. The van der Waals surface area contributed by atoms with Gasteiger partial charge < -0.3 is 0 Å². The molecule has 0 saturated heterocycles. The van der Waals surface area contributed by atoms with Crippen LogP contribution in [0.2, 0.25) is 0 Å². The van der Waals surface area contributed by atoms with Gasteiger partial charge in [0.1, 0.15) is 0 Å². The summed E-state index contributed by atoms with van der Waals surface area (Å²) in [6.07, 6.45) is 4.16. The average molecular weight is 272 g/mol. The third-order valence-electron chi connectivity index (χ3n) is 3.33. The molecule has 1 atom stereocenters. The molecule has 0 amide bonds. The lowest BCUT2D eigenvalue weighted by Crippen LogP contribution is -2.15. The summed E-state index contributed by atoms with van der Waals surface area (Å²) in [7, 11) is 0. The van der Waals surface area contributed by atoms with Crippen LogP contribution in [-0.2, 0) is 5.41 Å². The molecule has 0 unspecified atom stereocenters. The van der Waals surface area contributed by atoms with Crippen LogP contribution in [0.3, 0.4) is 0 Å². The van der Waals surface area contributed by atoms with E-state index in [1.54, 1.807) is 12.1 Å². The number of alkyl halides is 3. The SMILES string of the molecule is CC1=C[C@](C)(c2cccc(SC(F)(F)F)c2)CC1. The van der Waals surface area contributed by atoms with Gasteiger partial charge in [-0.15, -0.1) is 0 Å². The van der Waals surface area contributed by atoms with Crippen LogP contribution in [-0.4, -0.2) is 5.51 Å². The number of hydrogen-bond acceptors (Lipinski definition) is 1. The van der Waals surface area contributed by atoms with Gasteiger partial charge in [-0.05, 0) is 49.2 Å². The Balaban J connectivity index is 2.28. The highest BCUT2D eigenvalue weighted by molar-refractivity contribution is 8.00. The molecule has 0 aliphatic heterocycles. The van der Waals surface area contributed by atoms with Gasteiger partial charge in [-0.25, -0.2) is 0 Å². The number of rotatable bonds is 2. The zero-order valence-electron chi connectivity index (χ0n) is 10.3. The second-order valence-corrected chi connectivity index (χ2v) is 6.12. The van der Waals surface area contributed by atoms with Crippen LogP contribution in [0.15, 0.2) is 40.8 Å². The minimum absolute atomic E-state index is 0.0475. The first-order valence-corrected chi connectivity index (χ1v) is 6.65. The van der Waals surface area contributed by atoms with Crippen molar-refractivity contribution >= 4 is 11.8 Å². The molecule has 0 nitrogen and oxygen atoms in total. The predicted octanol–water partition coefficient (Wildman–Crippen LogP) is 5.30. The quantitative estimate of drug-likeness (QED) is 0.520. The third kappa shape index (κ3) is 3.10. The van der Waals surface area contributed by atoms with Gasteiger partial charge in [0.05, 0.1) is 0 Å². The molecule has 0 aromatic heterocycles. The number of allylic oxidation sites excluding steroid dienone is 2. The largest absolute Gasteiger partial charge is 0.446 e. The van der Waals surface area contributed by atoms with E-state index in [9.17, 15) is 13.2 Å². The second kappa shape index (κ2) is 4.65. The van der Waals surface area contributed by atoms with Crippen molar-refractivity contribution in [2.75, 3.05) is 0 Å².